The lowest BCUT2D eigenvalue weighted by Crippen LogP contribution is -2.37. The summed E-state index contributed by atoms with van der Waals surface area (Å²) in [5.74, 6) is 1.50. The molecule has 1 heterocycles. The Kier molecular flexibility index (Phi) is 6.20. The lowest BCUT2D eigenvalue weighted by atomic mass is 10.5. The number of rotatable bonds is 6. The molecule has 7 nitrogen and oxygen atoms in total. The van der Waals surface area contributed by atoms with Gasteiger partial charge in [0.15, 0.2) is 5.16 Å². The van der Waals surface area contributed by atoms with E-state index >= 15 is 0 Å². The SMILES string of the molecule is CNc1cc(NCCNC(=O)N(C)C)nc(SC)n1. The van der Waals surface area contributed by atoms with Crippen molar-refractivity contribution in [2.24, 2.45) is 0 Å². The van der Waals surface area contributed by atoms with E-state index in [4.69, 9.17) is 0 Å². The zero-order valence-electron chi connectivity index (χ0n) is 11.6. The quantitative estimate of drug-likeness (QED) is 0.409. The Morgan fingerprint density at radius 1 is 1.32 bits per heavy atom. The standard InChI is InChI=1S/C11H20N6OS/c1-12-8-7-9(16-10(15-8)19-4)13-5-6-14-11(18)17(2)3/h7H,5-6H2,1-4H3,(H,14,18)(H2,12,13,15,16). The first-order valence-corrected chi connectivity index (χ1v) is 7.09. The van der Waals surface area contributed by atoms with E-state index in [1.807, 2.05) is 19.4 Å². The second-order valence-corrected chi connectivity index (χ2v) is 4.70. The summed E-state index contributed by atoms with van der Waals surface area (Å²) in [4.78, 5) is 21.4. The summed E-state index contributed by atoms with van der Waals surface area (Å²) in [7, 11) is 5.22. The van der Waals surface area contributed by atoms with Crippen LogP contribution in [0.3, 0.4) is 0 Å². The predicted molar refractivity (Wildman–Crippen MR) is 78.9 cm³/mol. The summed E-state index contributed by atoms with van der Waals surface area (Å²) >= 11 is 1.48. The van der Waals surface area contributed by atoms with Crippen molar-refractivity contribution in [2.75, 3.05) is 51.1 Å². The molecule has 0 spiro atoms. The normalized spacial score (nSPS) is 9.89. The molecule has 1 aromatic rings. The summed E-state index contributed by atoms with van der Waals surface area (Å²) < 4.78 is 0. The van der Waals surface area contributed by atoms with Crippen LogP contribution in [0.25, 0.3) is 0 Å². The van der Waals surface area contributed by atoms with Gasteiger partial charge in [0.25, 0.3) is 0 Å². The van der Waals surface area contributed by atoms with Crippen LogP contribution in [0.5, 0.6) is 0 Å². The number of aromatic nitrogens is 2. The Labute approximate surface area is 117 Å². The number of urea groups is 1. The van der Waals surface area contributed by atoms with Gasteiger partial charge in [-0.3, -0.25) is 0 Å². The second-order valence-electron chi connectivity index (χ2n) is 3.93. The molecule has 106 valence electrons. The fourth-order valence-electron chi connectivity index (χ4n) is 1.25. The first kappa shape index (κ1) is 15.4. The highest BCUT2D eigenvalue weighted by atomic mass is 32.2. The van der Waals surface area contributed by atoms with Gasteiger partial charge in [-0.25, -0.2) is 14.8 Å². The number of thioether (sulfide) groups is 1. The third-order valence-electron chi connectivity index (χ3n) is 2.26. The molecular formula is C11H20N6OS. The van der Waals surface area contributed by atoms with Crippen molar-refractivity contribution >= 4 is 29.4 Å². The molecule has 0 atom stereocenters. The Hall–Kier alpha value is -1.70. The lowest BCUT2D eigenvalue weighted by Gasteiger charge is -2.13. The zero-order chi connectivity index (χ0) is 14.3. The maximum absolute atomic E-state index is 11.3. The van der Waals surface area contributed by atoms with Crippen molar-refractivity contribution in [3.05, 3.63) is 6.07 Å². The largest absolute Gasteiger partial charge is 0.373 e. The molecule has 19 heavy (non-hydrogen) atoms. The summed E-state index contributed by atoms with van der Waals surface area (Å²) in [5.41, 5.74) is 0. The van der Waals surface area contributed by atoms with Crippen molar-refractivity contribution in [3.63, 3.8) is 0 Å². The van der Waals surface area contributed by atoms with E-state index in [0.29, 0.717) is 18.2 Å². The fraction of sp³-hybridized carbons (Fsp3) is 0.545. The molecule has 8 heteroatoms. The molecule has 1 aromatic heterocycles. The van der Waals surface area contributed by atoms with Crippen LogP contribution < -0.4 is 16.0 Å². The molecule has 0 aromatic carbocycles. The molecule has 3 N–H and O–H groups in total. The molecule has 0 unspecified atom stereocenters. The maximum Gasteiger partial charge on any atom is 0.316 e. The minimum absolute atomic E-state index is 0.106. The van der Waals surface area contributed by atoms with Gasteiger partial charge in [-0.1, -0.05) is 11.8 Å². The number of anilines is 2. The third kappa shape index (κ3) is 5.21. The average molecular weight is 284 g/mol. The zero-order valence-corrected chi connectivity index (χ0v) is 12.5. The molecule has 0 aliphatic heterocycles. The first-order valence-electron chi connectivity index (χ1n) is 5.86. The van der Waals surface area contributed by atoms with Crippen LogP contribution in [0.4, 0.5) is 16.4 Å². The maximum atomic E-state index is 11.3. The first-order chi connectivity index (χ1) is 9.06. The Morgan fingerprint density at radius 3 is 2.58 bits per heavy atom. The van der Waals surface area contributed by atoms with Gasteiger partial charge in [0.2, 0.25) is 0 Å². The minimum Gasteiger partial charge on any atom is -0.373 e. The Morgan fingerprint density at radius 2 is 2.00 bits per heavy atom. The smallest absolute Gasteiger partial charge is 0.316 e. The van der Waals surface area contributed by atoms with Gasteiger partial charge in [-0.05, 0) is 6.26 Å². The molecular weight excluding hydrogens is 264 g/mol. The van der Waals surface area contributed by atoms with Gasteiger partial charge in [-0.15, -0.1) is 0 Å². The van der Waals surface area contributed by atoms with Gasteiger partial charge in [0.1, 0.15) is 11.6 Å². The second kappa shape index (κ2) is 7.67. The van der Waals surface area contributed by atoms with Gasteiger partial charge < -0.3 is 20.9 Å². The number of hydrogen-bond donors (Lipinski definition) is 3. The number of nitrogens with one attached hydrogen (secondary N) is 3. The van der Waals surface area contributed by atoms with E-state index in [9.17, 15) is 4.79 Å². The number of nitrogens with zero attached hydrogens (tertiary/aromatic N) is 3. The van der Waals surface area contributed by atoms with Crippen molar-refractivity contribution < 1.29 is 4.79 Å². The predicted octanol–water partition coefficient (Wildman–Crippen LogP) is 0.923. The number of hydrogen-bond acceptors (Lipinski definition) is 6. The van der Waals surface area contributed by atoms with Gasteiger partial charge >= 0.3 is 6.03 Å². The van der Waals surface area contributed by atoms with Crippen molar-refractivity contribution in [3.8, 4) is 0 Å². The third-order valence-corrected chi connectivity index (χ3v) is 2.81. The van der Waals surface area contributed by atoms with Crippen molar-refractivity contribution in [1.82, 2.24) is 20.2 Å². The molecule has 0 saturated carbocycles. The van der Waals surface area contributed by atoms with E-state index in [1.54, 1.807) is 14.1 Å². The van der Waals surface area contributed by atoms with Crippen molar-refractivity contribution in [2.45, 2.75) is 5.16 Å². The van der Waals surface area contributed by atoms with Crippen LogP contribution in [0, 0.1) is 0 Å². The highest BCUT2D eigenvalue weighted by Crippen LogP contribution is 2.16. The highest BCUT2D eigenvalue weighted by Gasteiger charge is 2.04. The molecule has 0 aliphatic rings. The van der Waals surface area contributed by atoms with E-state index in [-0.39, 0.29) is 6.03 Å². The minimum atomic E-state index is -0.106. The van der Waals surface area contributed by atoms with E-state index in [1.165, 1.54) is 16.7 Å². The number of amides is 2. The monoisotopic (exact) mass is 284 g/mol. The molecule has 2 amide bonds. The van der Waals surface area contributed by atoms with E-state index in [2.05, 4.69) is 25.9 Å². The van der Waals surface area contributed by atoms with Crippen LogP contribution in [0.1, 0.15) is 0 Å². The summed E-state index contributed by atoms with van der Waals surface area (Å²) in [6, 6.07) is 1.72. The van der Waals surface area contributed by atoms with E-state index < -0.39 is 0 Å². The lowest BCUT2D eigenvalue weighted by molar-refractivity contribution is 0.218. The molecule has 1 rings (SSSR count). The topological polar surface area (TPSA) is 82.2 Å². The average Bonchev–Trinajstić information content (AvgIpc) is 2.42. The van der Waals surface area contributed by atoms with Crippen LogP contribution in [-0.2, 0) is 0 Å². The Balaban J connectivity index is 2.46. The summed E-state index contributed by atoms with van der Waals surface area (Å²) in [6.45, 7) is 1.14. The molecule has 0 radical (unpaired) electrons. The van der Waals surface area contributed by atoms with Crippen LogP contribution in [-0.4, -0.2) is 61.4 Å². The van der Waals surface area contributed by atoms with Gasteiger partial charge in [0.05, 0.1) is 0 Å². The highest BCUT2D eigenvalue weighted by molar-refractivity contribution is 7.98. The summed E-state index contributed by atoms with van der Waals surface area (Å²) in [5, 5.41) is 9.61. The van der Waals surface area contributed by atoms with E-state index in [0.717, 1.165) is 11.6 Å². The Bertz CT molecular complexity index is 403. The van der Waals surface area contributed by atoms with Crippen LogP contribution >= 0.6 is 11.8 Å². The summed E-state index contributed by atoms with van der Waals surface area (Å²) in [6.07, 6.45) is 1.93. The van der Waals surface area contributed by atoms with Crippen LogP contribution in [0.2, 0.25) is 0 Å². The number of carbonyl (C=O) groups excluding carboxylic acids is 1. The molecule has 0 fully saturated rings. The number of carbonyl (C=O) groups is 1. The van der Waals surface area contributed by atoms with Gasteiger partial charge in [0, 0.05) is 40.3 Å². The fourth-order valence-corrected chi connectivity index (χ4v) is 1.63. The van der Waals surface area contributed by atoms with Crippen molar-refractivity contribution in [1.29, 1.82) is 0 Å². The molecule has 0 aliphatic carbocycles. The van der Waals surface area contributed by atoms with Gasteiger partial charge in [-0.2, -0.15) is 0 Å². The van der Waals surface area contributed by atoms with Crippen LogP contribution in [0.15, 0.2) is 11.2 Å². The molecule has 0 saturated heterocycles. The molecule has 0 bridgehead atoms.